The Kier molecular flexibility index (Phi) is 4.53. The van der Waals surface area contributed by atoms with Crippen LogP contribution in [0.4, 0.5) is 0 Å². The minimum absolute atomic E-state index is 0.727. The first-order chi connectivity index (χ1) is 10.3. The maximum Gasteiger partial charge on any atom is 0.128 e. The lowest BCUT2D eigenvalue weighted by Crippen LogP contribution is -1.94. The standard InChI is InChI=1S/C16H16N2OS2/c1-11-17-15(20-9-8-19-2)13-10-14(21-16(13)18-11)12-6-4-3-5-7-12/h3-7,10H,8-9H2,1-2H3. The minimum atomic E-state index is 0.727. The maximum atomic E-state index is 5.12. The van der Waals surface area contributed by atoms with Crippen molar-refractivity contribution in [1.29, 1.82) is 0 Å². The lowest BCUT2D eigenvalue weighted by atomic mass is 10.2. The van der Waals surface area contributed by atoms with Crippen molar-refractivity contribution in [1.82, 2.24) is 9.97 Å². The Morgan fingerprint density at radius 3 is 2.76 bits per heavy atom. The van der Waals surface area contributed by atoms with Gasteiger partial charge >= 0.3 is 0 Å². The quantitative estimate of drug-likeness (QED) is 0.397. The second kappa shape index (κ2) is 6.56. The molecule has 0 saturated heterocycles. The van der Waals surface area contributed by atoms with Gasteiger partial charge in [0.1, 0.15) is 15.7 Å². The van der Waals surface area contributed by atoms with E-state index in [1.807, 2.05) is 13.0 Å². The van der Waals surface area contributed by atoms with Gasteiger partial charge in [-0.25, -0.2) is 9.97 Å². The third-order valence-electron chi connectivity index (χ3n) is 3.05. The summed E-state index contributed by atoms with van der Waals surface area (Å²) in [6.07, 6.45) is 0. The lowest BCUT2D eigenvalue weighted by molar-refractivity contribution is 0.218. The zero-order valence-electron chi connectivity index (χ0n) is 12.0. The molecular weight excluding hydrogens is 300 g/mol. The number of nitrogens with zero attached hydrogens (tertiary/aromatic N) is 2. The molecule has 0 atom stereocenters. The number of thiophene rings is 1. The molecule has 2 aromatic heterocycles. The van der Waals surface area contributed by atoms with Gasteiger partial charge in [0, 0.05) is 23.1 Å². The number of methoxy groups -OCH3 is 1. The molecule has 0 radical (unpaired) electrons. The monoisotopic (exact) mass is 316 g/mol. The summed E-state index contributed by atoms with van der Waals surface area (Å²) in [6, 6.07) is 12.6. The number of aromatic nitrogens is 2. The molecule has 0 amide bonds. The van der Waals surface area contributed by atoms with Crippen LogP contribution in [0.15, 0.2) is 41.4 Å². The third kappa shape index (κ3) is 3.26. The van der Waals surface area contributed by atoms with E-state index in [2.05, 4.69) is 40.3 Å². The summed E-state index contributed by atoms with van der Waals surface area (Å²) in [5.41, 5.74) is 1.23. The number of aryl methyl sites for hydroxylation is 1. The van der Waals surface area contributed by atoms with Crippen LogP contribution >= 0.6 is 23.1 Å². The molecule has 0 aliphatic heterocycles. The lowest BCUT2D eigenvalue weighted by Gasteiger charge is -2.02. The zero-order chi connectivity index (χ0) is 14.7. The molecule has 0 unspecified atom stereocenters. The molecule has 2 heterocycles. The molecule has 108 valence electrons. The van der Waals surface area contributed by atoms with Gasteiger partial charge in [-0.05, 0) is 18.6 Å². The molecular formula is C16H16N2OS2. The number of fused-ring (bicyclic) bond motifs is 1. The smallest absolute Gasteiger partial charge is 0.128 e. The van der Waals surface area contributed by atoms with Gasteiger partial charge in [-0.15, -0.1) is 23.1 Å². The molecule has 0 saturated carbocycles. The van der Waals surface area contributed by atoms with Crippen LogP contribution in [0.3, 0.4) is 0 Å². The van der Waals surface area contributed by atoms with Crippen molar-refractivity contribution in [3.05, 3.63) is 42.2 Å². The summed E-state index contributed by atoms with van der Waals surface area (Å²) in [4.78, 5) is 11.4. The molecule has 3 aromatic rings. The van der Waals surface area contributed by atoms with Crippen LogP contribution in [0.25, 0.3) is 20.7 Å². The summed E-state index contributed by atoms with van der Waals surface area (Å²) in [5, 5.41) is 2.19. The van der Waals surface area contributed by atoms with Crippen molar-refractivity contribution >= 4 is 33.3 Å². The molecule has 0 N–H and O–H groups in total. The molecule has 0 spiro atoms. The van der Waals surface area contributed by atoms with Gasteiger partial charge in [-0.2, -0.15) is 0 Å². The summed E-state index contributed by atoms with van der Waals surface area (Å²) >= 11 is 3.45. The van der Waals surface area contributed by atoms with Gasteiger partial charge in [-0.1, -0.05) is 30.3 Å². The Hall–Kier alpha value is -1.43. The highest BCUT2D eigenvalue weighted by Gasteiger charge is 2.11. The normalized spacial score (nSPS) is 11.1. The van der Waals surface area contributed by atoms with E-state index in [0.717, 1.165) is 33.4 Å². The minimum Gasteiger partial charge on any atom is -0.384 e. The zero-order valence-corrected chi connectivity index (χ0v) is 13.6. The largest absolute Gasteiger partial charge is 0.384 e. The summed E-state index contributed by atoms with van der Waals surface area (Å²) in [6.45, 7) is 2.67. The van der Waals surface area contributed by atoms with E-state index in [1.54, 1.807) is 30.2 Å². The molecule has 0 fully saturated rings. The van der Waals surface area contributed by atoms with Gasteiger partial charge in [0.05, 0.1) is 6.61 Å². The Morgan fingerprint density at radius 2 is 2.00 bits per heavy atom. The Morgan fingerprint density at radius 1 is 1.19 bits per heavy atom. The van der Waals surface area contributed by atoms with Gasteiger partial charge in [0.15, 0.2) is 0 Å². The number of hydrogen-bond acceptors (Lipinski definition) is 5. The second-order valence-electron chi connectivity index (χ2n) is 4.61. The fraction of sp³-hybridized carbons (Fsp3) is 0.250. The van der Waals surface area contributed by atoms with E-state index in [9.17, 15) is 0 Å². The van der Waals surface area contributed by atoms with Gasteiger partial charge in [-0.3, -0.25) is 0 Å². The highest BCUT2D eigenvalue weighted by atomic mass is 32.2. The van der Waals surface area contributed by atoms with Crippen LogP contribution in [-0.4, -0.2) is 29.4 Å². The van der Waals surface area contributed by atoms with Crippen molar-refractivity contribution in [2.75, 3.05) is 19.5 Å². The summed E-state index contributed by atoms with van der Waals surface area (Å²) in [5.74, 6) is 1.72. The highest BCUT2D eigenvalue weighted by Crippen LogP contribution is 2.36. The van der Waals surface area contributed by atoms with Crippen LogP contribution in [0.1, 0.15) is 5.82 Å². The van der Waals surface area contributed by atoms with Crippen molar-refractivity contribution in [3.63, 3.8) is 0 Å². The van der Waals surface area contributed by atoms with Crippen LogP contribution in [0.5, 0.6) is 0 Å². The van der Waals surface area contributed by atoms with E-state index in [4.69, 9.17) is 4.74 Å². The predicted molar refractivity (Wildman–Crippen MR) is 90.2 cm³/mol. The first kappa shape index (κ1) is 14.5. The average Bonchev–Trinajstić information content (AvgIpc) is 2.92. The molecule has 0 aliphatic carbocycles. The number of hydrogen-bond donors (Lipinski definition) is 0. The molecule has 21 heavy (non-hydrogen) atoms. The van der Waals surface area contributed by atoms with Crippen LogP contribution < -0.4 is 0 Å². The fourth-order valence-electron chi connectivity index (χ4n) is 2.07. The van der Waals surface area contributed by atoms with Crippen molar-refractivity contribution in [2.45, 2.75) is 11.9 Å². The third-order valence-corrected chi connectivity index (χ3v) is 5.09. The van der Waals surface area contributed by atoms with E-state index < -0.39 is 0 Å². The fourth-order valence-corrected chi connectivity index (χ4v) is 4.17. The first-order valence-corrected chi connectivity index (χ1v) is 8.53. The van der Waals surface area contributed by atoms with E-state index in [0.29, 0.717) is 0 Å². The van der Waals surface area contributed by atoms with Crippen molar-refractivity contribution in [2.24, 2.45) is 0 Å². The van der Waals surface area contributed by atoms with E-state index in [-0.39, 0.29) is 0 Å². The van der Waals surface area contributed by atoms with Crippen molar-refractivity contribution < 1.29 is 4.74 Å². The Labute approximate surface area is 132 Å². The molecule has 3 rings (SSSR count). The molecule has 5 heteroatoms. The topological polar surface area (TPSA) is 35.0 Å². The summed E-state index contributed by atoms with van der Waals surface area (Å²) < 4.78 is 5.12. The first-order valence-electron chi connectivity index (χ1n) is 6.73. The molecule has 1 aromatic carbocycles. The number of thioether (sulfide) groups is 1. The SMILES string of the molecule is COCCSc1nc(C)nc2sc(-c3ccccc3)cc12. The second-order valence-corrected chi connectivity index (χ2v) is 6.73. The highest BCUT2D eigenvalue weighted by molar-refractivity contribution is 7.99. The number of benzene rings is 1. The number of ether oxygens (including phenoxy) is 1. The van der Waals surface area contributed by atoms with Crippen LogP contribution in [0.2, 0.25) is 0 Å². The van der Waals surface area contributed by atoms with Crippen LogP contribution in [-0.2, 0) is 4.74 Å². The van der Waals surface area contributed by atoms with Crippen molar-refractivity contribution in [3.8, 4) is 10.4 Å². The molecule has 0 aliphatic rings. The van der Waals surface area contributed by atoms with E-state index in [1.165, 1.54) is 10.4 Å². The Bertz CT molecular complexity index is 741. The average molecular weight is 316 g/mol. The predicted octanol–water partition coefficient (Wildman–Crippen LogP) is 4.41. The maximum absolute atomic E-state index is 5.12. The van der Waals surface area contributed by atoms with Gasteiger partial charge < -0.3 is 4.74 Å². The van der Waals surface area contributed by atoms with Gasteiger partial charge in [0.2, 0.25) is 0 Å². The summed E-state index contributed by atoms with van der Waals surface area (Å²) in [7, 11) is 1.72. The van der Waals surface area contributed by atoms with E-state index >= 15 is 0 Å². The number of rotatable bonds is 5. The van der Waals surface area contributed by atoms with Crippen LogP contribution in [0, 0.1) is 6.92 Å². The Balaban J connectivity index is 2.02. The van der Waals surface area contributed by atoms with Gasteiger partial charge in [0.25, 0.3) is 0 Å². The molecule has 3 nitrogen and oxygen atoms in total. The molecule has 0 bridgehead atoms.